The van der Waals surface area contributed by atoms with E-state index in [1.54, 1.807) is 7.11 Å². The van der Waals surface area contributed by atoms with Crippen LogP contribution < -0.4 is 5.32 Å². The molecule has 5 heteroatoms. The zero-order valence-electron chi connectivity index (χ0n) is 10.7. The molecule has 2 atom stereocenters. The first-order valence-electron chi connectivity index (χ1n) is 6.10. The summed E-state index contributed by atoms with van der Waals surface area (Å²) in [5.74, 6) is -1.14. The van der Waals surface area contributed by atoms with Crippen LogP contribution in [0.15, 0.2) is 0 Å². The molecule has 0 aromatic heterocycles. The zero-order chi connectivity index (χ0) is 13.1. The number of halogens is 3. The molecule has 1 N–H and O–H groups in total. The lowest BCUT2D eigenvalue weighted by molar-refractivity contribution is -0.183. The van der Waals surface area contributed by atoms with Crippen molar-refractivity contribution in [2.75, 3.05) is 13.7 Å². The number of rotatable bonds is 4. The number of ether oxygens (including phenoxy) is 1. The van der Waals surface area contributed by atoms with Crippen LogP contribution in [0.3, 0.4) is 0 Å². The van der Waals surface area contributed by atoms with Crippen molar-refractivity contribution >= 4 is 0 Å². The van der Waals surface area contributed by atoms with E-state index in [4.69, 9.17) is 4.74 Å². The average Bonchev–Trinajstić information content (AvgIpc) is 2.26. The molecule has 0 aromatic carbocycles. The maximum absolute atomic E-state index is 12.6. The Morgan fingerprint density at radius 2 is 1.94 bits per heavy atom. The Bertz CT molecular complexity index is 240. The minimum absolute atomic E-state index is 0.0372. The van der Waals surface area contributed by atoms with E-state index in [0.717, 1.165) is 12.8 Å². The topological polar surface area (TPSA) is 21.3 Å². The number of nitrogens with one attached hydrogen (secondary N) is 1. The summed E-state index contributed by atoms with van der Waals surface area (Å²) in [6.45, 7) is 4.37. The number of piperidine rings is 1. The Morgan fingerprint density at radius 3 is 2.47 bits per heavy atom. The highest BCUT2D eigenvalue weighted by molar-refractivity contribution is 4.83. The van der Waals surface area contributed by atoms with Gasteiger partial charge in [-0.25, -0.2) is 0 Å². The van der Waals surface area contributed by atoms with Gasteiger partial charge in [0.15, 0.2) is 0 Å². The molecule has 0 spiro atoms. The van der Waals surface area contributed by atoms with E-state index in [1.807, 2.05) is 13.8 Å². The molecule has 2 unspecified atom stereocenters. The van der Waals surface area contributed by atoms with Gasteiger partial charge in [-0.3, -0.25) is 0 Å². The smallest absolute Gasteiger partial charge is 0.379 e. The van der Waals surface area contributed by atoms with Gasteiger partial charge < -0.3 is 10.1 Å². The SMILES string of the molecule is COC(C)(C)CCC1CC(C(F)(F)F)CCN1. The van der Waals surface area contributed by atoms with Crippen LogP contribution in [0.5, 0.6) is 0 Å². The van der Waals surface area contributed by atoms with Crippen LogP contribution >= 0.6 is 0 Å². The van der Waals surface area contributed by atoms with Crippen molar-refractivity contribution < 1.29 is 17.9 Å². The van der Waals surface area contributed by atoms with E-state index in [-0.39, 0.29) is 24.5 Å². The van der Waals surface area contributed by atoms with E-state index < -0.39 is 12.1 Å². The van der Waals surface area contributed by atoms with Crippen LogP contribution in [0.25, 0.3) is 0 Å². The third kappa shape index (κ3) is 4.84. The summed E-state index contributed by atoms with van der Waals surface area (Å²) in [4.78, 5) is 0. The number of alkyl halides is 3. The van der Waals surface area contributed by atoms with Gasteiger partial charge in [-0.1, -0.05) is 0 Å². The fourth-order valence-electron chi connectivity index (χ4n) is 2.15. The lowest BCUT2D eigenvalue weighted by Gasteiger charge is -2.33. The van der Waals surface area contributed by atoms with Gasteiger partial charge >= 0.3 is 6.18 Å². The van der Waals surface area contributed by atoms with Gasteiger partial charge in [0.1, 0.15) is 0 Å². The number of hydrogen-bond acceptors (Lipinski definition) is 2. The summed E-state index contributed by atoms with van der Waals surface area (Å²) in [7, 11) is 1.63. The van der Waals surface area contributed by atoms with Gasteiger partial charge in [0.2, 0.25) is 0 Å². The van der Waals surface area contributed by atoms with Crippen molar-refractivity contribution in [3.63, 3.8) is 0 Å². The van der Waals surface area contributed by atoms with Crippen LogP contribution in [-0.4, -0.2) is 31.5 Å². The zero-order valence-corrected chi connectivity index (χ0v) is 10.7. The largest absolute Gasteiger partial charge is 0.391 e. The normalized spacial score (nSPS) is 27.2. The molecular weight excluding hydrogens is 231 g/mol. The summed E-state index contributed by atoms with van der Waals surface area (Å²) in [6, 6.07) is -0.0372. The molecule has 1 fully saturated rings. The minimum Gasteiger partial charge on any atom is -0.379 e. The molecule has 1 rings (SSSR count). The van der Waals surface area contributed by atoms with Crippen LogP contribution in [0.1, 0.15) is 39.5 Å². The predicted molar refractivity (Wildman–Crippen MR) is 60.9 cm³/mol. The van der Waals surface area contributed by atoms with Crippen LogP contribution in [0.4, 0.5) is 13.2 Å². The van der Waals surface area contributed by atoms with Gasteiger partial charge in [-0.2, -0.15) is 13.2 Å². The Morgan fingerprint density at radius 1 is 1.29 bits per heavy atom. The minimum atomic E-state index is -4.04. The van der Waals surface area contributed by atoms with E-state index in [0.29, 0.717) is 6.54 Å². The summed E-state index contributed by atoms with van der Waals surface area (Å²) < 4.78 is 43.1. The van der Waals surface area contributed by atoms with Crippen molar-refractivity contribution in [2.24, 2.45) is 5.92 Å². The van der Waals surface area contributed by atoms with Gasteiger partial charge in [0.25, 0.3) is 0 Å². The van der Waals surface area contributed by atoms with Crippen molar-refractivity contribution in [2.45, 2.75) is 57.3 Å². The van der Waals surface area contributed by atoms with Crippen molar-refractivity contribution in [3.05, 3.63) is 0 Å². The monoisotopic (exact) mass is 253 g/mol. The highest BCUT2D eigenvalue weighted by Gasteiger charge is 2.42. The summed E-state index contributed by atoms with van der Waals surface area (Å²) >= 11 is 0. The summed E-state index contributed by atoms with van der Waals surface area (Å²) in [5.41, 5.74) is -0.257. The molecule has 102 valence electrons. The first-order valence-corrected chi connectivity index (χ1v) is 6.10. The summed E-state index contributed by atoms with van der Waals surface area (Å²) in [5, 5.41) is 3.16. The number of methoxy groups -OCH3 is 1. The predicted octanol–water partition coefficient (Wildman–Crippen LogP) is 3.12. The van der Waals surface area contributed by atoms with E-state index in [9.17, 15) is 13.2 Å². The van der Waals surface area contributed by atoms with Gasteiger partial charge in [-0.15, -0.1) is 0 Å². The second kappa shape index (κ2) is 5.57. The first-order chi connectivity index (χ1) is 7.74. The summed E-state index contributed by atoms with van der Waals surface area (Å²) in [6.07, 6.45) is -2.15. The Labute approximate surface area is 101 Å². The molecule has 0 aliphatic carbocycles. The third-order valence-corrected chi connectivity index (χ3v) is 3.61. The van der Waals surface area contributed by atoms with Crippen LogP contribution in [0.2, 0.25) is 0 Å². The maximum atomic E-state index is 12.6. The highest BCUT2D eigenvalue weighted by atomic mass is 19.4. The third-order valence-electron chi connectivity index (χ3n) is 3.61. The molecule has 2 nitrogen and oxygen atoms in total. The molecule has 1 heterocycles. The van der Waals surface area contributed by atoms with E-state index >= 15 is 0 Å². The molecule has 1 aliphatic heterocycles. The molecule has 1 aliphatic rings. The first kappa shape index (κ1) is 14.8. The molecule has 0 saturated carbocycles. The second-order valence-corrected chi connectivity index (χ2v) is 5.42. The maximum Gasteiger partial charge on any atom is 0.391 e. The van der Waals surface area contributed by atoms with Gasteiger partial charge in [-0.05, 0) is 46.1 Å². The fourth-order valence-corrected chi connectivity index (χ4v) is 2.15. The molecule has 1 saturated heterocycles. The van der Waals surface area contributed by atoms with Crippen molar-refractivity contribution in [1.82, 2.24) is 5.32 Å². The Kier molecular flexibility index (Phi) is 4.84. The van der Waals surface area contributed by atoms with E-state index in [2.05, 4.69) is 5.32 Å². The number of hydrogen-bond donors (Lipinski definition) is 1. The highest BCUT2D eigenvalue weighted by Crippen LogP contribution is 2.35. The fraction of sp³-hybridized carbons (Fsp3) is 1.00. The van der Waals surface area contributed by atoms with Gasteiger partial charge in [0, 0.05) is 13.2 Å². The van der Waals surface area contributed by atoms with Crippen molar-refractivity contribution in [1.29, 1.82) is 0 Å². The Hall–Kier alpha value is -0.290. The van der Waals surface area contributed by atoms with Crippen molar-refractivity contribution in [3.8, 4) is 0 Å². The van der Waals surface area contributed by atoms with E-state index in [1.165, 1.54) is 0 Å². The lowest BCUT2D eigenvalue weighted by Crippen LogP contribution is -2.43. The standard InChI is InChI=1S/C12H22F3NO/c1-11(2,17-3)6-4-10-8-9(5-7-16-10)12(13,14)15/h9-10,16H,4-8H2,1-3H3. The lowest BCUT2D eigenvalue weighted by atomic mass is 9.87. The molecule has 17 heavy (non-hydrogen) atoms. The molecular formula is C12H22F3NO. The van der Waals surface area contributed by atoms with Crippen LogP contribution in [-0.2, 0) is 4.74 Å². The molecule has 0 radical (unpaired) electrons. The quantitative estimate of drug-likeness (QED) is 0.831. The van der Waals surface area contributed by atoms with Crippen LogP contribution in [0, 0.1) is 5.92 Å². The van der Waals surface area contributed by atoms with Gasteiger partial charge in [0.05, 0.1) is 11.5 Å². The average molecular weight is 253 g/mol. The molecule has 0 amide bonds. The molecule has 0 aromatic rings. The Balaban J connectivity index is 2.40. The molecule has 0 bridgehead atoms. The second-order valence-electron chi connectivity index (χ2n) is 5.42.